The van der Waals surface area contributed by atoms with Gasteiger partial charge in [0.2, 0.25) is 0 Å². The highest BCUT2D eigenvalue weighted by atomic mass is 32.1. The number of methoxy groups -OCH3 is 1. The minimum atomic E-state index is 0.0467. The van der Waals surface area contributed by atoms with Crippen LogP contribution in [-0.2, 0) is 16.7 Å². The van der Waals surface area contributed by atoms with E-state index < -0.39 is 0 Å². The number of aliphatic imine (C=N–C) groups is 1. The van der Waals surface area contributed by atoms with Gasteiger partial charge in [0.1, 0.15) is 5.75 Å². The third-order valence-corrected chi connectivity index (χ3v) is 5.86. The number of hydrogen-bond donors (Lipinski definition) is 2. The van der Waals surface area contributed by atoms with Gasteiger partial charge in [-0.05, 0) is 42.0 Å². The molecule has 2 N–H and O–H groups in total. The van der Waals surface area contributed by atoms with Crippen molar-refractivity contribution in [3.8, 4) is 5.75 Å². The second-order valence-corrected chi connectivity index (χ2v) is 7.51. The summed E-state index contributed by atoms with van der Waals surface area (Å²) in [6.07, 6.45) is 1.99. The molecule has 0 bridgehead atoms. The molecule has 1 aliphatic rings. The van der Waals surface area contributed by atoms with E-state index in [1.54, 1.807) is 18.4 Å². The van der Waals surface area contributed by atoms with E-state index in [-0.39, 0.29) is 5.41 Å². The molecule has 0 atom stereocenters. The summed E-state index contributed by atoms with van der Waals surface area (Å²) in [5.41, 5.74) is 1.37. The fourth-order valence-corrected chi connectivity index (χ4v) is 3.98. The van der Waals surface area contributed by atoms with E-state index in [0.717, 1.165) is 50.9 Å². The Morgan fingerprint density at radius 3 is 2.58 bits per heavy atom. The molecule has 0 amide bonds. The number of thiophene rings is 1. The van der Waals surface area contributed by atoms with Crippen molar-refractivity contribution < 1.29 is 9.47 Å². The molecule has 0 saturated carbocycles. The Hall–Kier alpha value is -2.05. The van der Waals surface area contributed by atoms with Crippen LogP contribution in [-0.4, -0.2) is 39.9 Å². The second-order valence-electron chi connectivity index (χ2n) is 6.48. The van der Waals surface area contributed by atoms with E-state index in [1.807, 2.05) is 19.2 Å². The van der Waals surface area contributed by atoms with Gasteiger partial charge in [-0.3, -0.25) is 4.99 Å². The lowest BCUT2D eigenvalue weighted by molar-refractivity contribution is 0.0513. The lowest BCUT2D eigenvalue weighted by Crippen LogP contribution is -2.47. The van der Waals surface area contributed by atoms with Gasteiger partial charge >= 0.3 is 0 Å². The maximum Gasteiger partial charge on any atom is 0.191 e. The molecular weight excluding hydrogens is 346 g/mol. The topological polar surface area (TPSA) is 54.9 Å². The smallest absolute Gasteiger partial charge is 0.191 e. The van der Waals surface area contributed by atoms with E-state index in [1.165, 1.54) is 10.4 Å². The monoisotopic (exact) mass is 373 g/mol. The Morgan fingerprint density at radius 2 is 1.96 bits per heavy atom. The maximum atomic E-state index is 5.62. The Bertz CT molecular complexity index is 692. The molecule has 2 heterocycles. The van der Waals surface area contributed by atoms with E-state index in [4.69, 9.17) is 9.47 Å². The molecular formula is C20H27N3O2S. The summed E-state index contributed by atoms with van der Waals surface area (Å²) in [6, 6.07) is 12.6. The van der Waals surface area contributed by atoms with Gasteiger partial charge in [0, 0.05) is 37.1 Å². The molecule has 5 nitrogen and oxygen atoms in total. The van der Waals surface area contributed by atoms with Crippen molar-refractivity contribution in [2.24, 2.45) is 4.99 Å². The van der Waals surface area contributed by atoms with Crippen LogP contribution < -0.4 is 15.4 Å². The fraction of sp³-hybridized carbons (Fsp3) is 0.450. The van der Waals surface area contributed by atoms with Gasteiger partial charge in [0.05, 0.1) is 13.7 Å². The van der Waals surface area contributed by atoms with Gasteiger partial charge in [-0.15, -0.1) is 11.3 Å². The first-order valence-electron chi connectivity index (χ1n) is 8.95. The molecule has 26 heavy (non-hydrogen) atoms. The molecule has 1 aliphatic heterocycles. The standard InChI is InChI=1S/C20H27N3O2S/c1-21-19(22-14-18-4-3-13-26-18)23-15-20(9-11-25-12-10-20)16-5-7-17(24-2)8-6-16/h3-8,13H,9-12,14-15H2,1-2H3,(H2,21,22,23). The number of hydrogen-bond acceptors (Lipinski definition) is 4. The van der Waals surface area contributed by atoms with Crippen molar-refractivity contribution in [1.29, 1.82) is 0 Å². The maximum absolute atomic E-state index is 5.62. The Balaban J connectivity index is 1.67. The zero-order valence-corrected chi connectivity index (χ0v) is 16.3. The zero-order valence-electron chi connectivity index (χ0n) is 15.5. The van der Waals surface area contributed by atoms with Crippen LogP contribution in [0.2, 0.25) is 0 Å². The molecule has 0 unspecified atom stereocenters. The van der Waals surface area contributed by atoms with Crippen LogP contribution in [0.3, 0.4) is 0 Å². The van der Waals surface area contributed by atoms with Crippen molar-refractivity contribution in [3.63, 3.8) is 0 Å². The van der Waals surface area contributed by atoms with Crippen molar-refractivity contribution in [3.05, 3.63) is 52.2 Å². The van der Waals surface area contributed by atoms with Crippen molar-refractivity contribution in [1.82, 2.24) is 10.6 Å². The van der Waals surface area contributed by atoms with Crippen LogP contribution in [0, 0.1) is 0 Å². The number of guanidine groups is 1. The summed E-state index contributed by atoms with van der Waals surface area (Å²) >= 11 is 1.75. The van der Waals surface area contributed by atoms with Crippen molar-refractivity contribution >= 4 is 17.3 Å². The number of nitrogens with zero attached hydrogens (tertiary/aromatic N) is 1. The average molecular weight is 374 g/mol. The minimum Gasteiger partial charge on any atom is -0.497 e. The predicted molar refractivity (Wildman–Crippen MR) is 107 cm³/mol. The SMILES string of the molecule is CN=C(NCc1cccs1)NCC1(c2ccc(OC)cc2)CCOCC1. The third kappa shape index (κ3) is 4.56. The van der Waals surface area contributed by atoms with Gasteiger partial charge in [-0.1, -0.05) is 18.2 Å². The molecule has 3 rings (SSSR count). The van der Waals surface area contributed by atoms with Crippen LogP contribution in [0.4, 0.5) is 0 Å². The largest absolute Gasteiger partial charge is 0.497 e. The van der Waals surface area contributed by atoms with Crippen LogP contribution in [0.5, 0.6) is 5.75 Å². The molecule has 0 spiro atoms. The third-order valence-electron chi connectivity index (χ3n) is 4.98. The van der Waals surface area contributed by atoms with E-state index >= 15 is 0 Å². The molecule has 2 aromatic rings. The fourth-order valence-electron chi connectivity index (χ4n) is 3.33. The molecule has 140 valence electrons. The quantitative estimate of drug-likeness (QED) is 0.603. The summed E-state index contributed by atoms with van der Waals surface area (Å²) in [5.74, 6) is 1.72. The first-order valence-corrected chi connectivity index (χ1v) is 9.83. The summed E-state index contributed by atoms with van der Waals surface area (Å²) in [4.78, 5) is 5.67. The first-order chi connectivity index (χ1) is 12.8. The van der Waals surface area contributed by atoms with Crippen LogP contribution in [0.1, 0.15) is 23.3 Å². The summed E-state index contributed by atoms with van der Waals surface area (Å²) < 4.78 is 10.9. The van der Waals surface area contributed by atoms with E-state index in [2.05, 4.69) is 45.3 Å². The van der Waals surface area contributed by atoms with E-state index in [9.17, 15) is 0 Å². The van der Waals surface area contributed by atoms with Crippen LogP contribution in [0.15, 0.2) is 46.8 Å². The van der Waals surface area contributed by atoms with Gasteiger partial charge in [0.25, 0.3) is 0 Å². The lowest BCUT2D eigenvalue weighted by atomic mass is 9.74. The molecule has 0 aliphatic carbocycles. The van der Waals surface area contributed by atoms with Gasteiger partial charge in [-0.2, -0.15) is 0 Å². The highest BCUT2D eigenvalue weighted by molar-refractivity contribution is 7.09. The Kier molecular flexibility index (Phi) is 6.52. The molecule has 6 heteroatoms. The molecule has 1 aromatic heterocycles. The highest BCUT2D eigenvalue weighted by Gasteiger charge is 2.34. The number of rotatable bonds is 6. The summed E-state index contributed by atoms with van der Waals surface area (Å²) in [7, 11) is 3.51. The highest BCUT2D eigenvalue weighted by Crippen LogP contribution is 2.35. The Morgan fingerprint density at radius 1 is 1.19 bits per heavy atom. The summed E-state index contributed by atoms with van der Waals surface area (Å²) in [6.45, 7) is 3.19. The minimum absolute atomic E-state index is 0.0467. The van der Waals surface area contributed by atoms with Crippen LogP contribution >= 0.6 is 11.3 Å². The zero-order chi connectivity index (χ0) is 18.2. The van der Waals surface area contributed by atoms with Crippen molar-refractivity contribution in [2.75, 3.05) is 33.9 Å². The van der Waals surface area contributed by atoms with E-state index in [0.29, 0.717) is 0 Å². The average Bonchev–Trinajstić information content (AvgIpc) is 3.22. The summed E-state index contributed by atoms with van der Waals surface area (Å²) in [5, 5.41) is 9.01. The van der Waals surface area contributed by atoms with Gasteiger partial charge in [0.15, 0.2) is 5.96 Å². The normalized spacial score (nSPS) is 16.9. The lowest BCUT2D eigenvalue weighted by Gasteiger charge is -2.38. The van der Waals surface area contributed by atoms with Crippen molar-refractivity contribution in [2.45, 2.75) is 24.8 Å². The molecule has 1 fully saturated rings. The first kappa shape index (κ1) is 18.7. The molecule has 1 aromatic carbocycles. The molecule has 0 radical (unpaired) electrons. The van der Waals surface area contributed by atoms with Gasteiger partial charge < -0.3 is 20.1 Å². The Labute approximate surface area is 159 Å². The number of benzene rings is 1. The number of nitrogens with one attached hydrogen (secondary N) is 2. The molecule has 1 saturated heterocycles. The van der Waals surface area contributed by atoms with Crippen LogP contribution in [0.25, 0.3) is 0 Å². The second kappa shape index (κ2) is 9.05. The predicted octanol–water partition coefficient (Wildman–Crippen LogP) is 3.17. The number of ether oxygens (including phenoxy) is 2. The van der Waals surface area contributed by atoms with Gasteiger partial charge in [-0.25, -0.2) is 0 Å².